The lowest BCUT2D eigenvalue weighted by atomic mass is 9.99. The van der Waals surface area contributed by atoms with E-state index in [0.717, 1.165) is 109 Å². The maximum Gasteiger partial charge on any atom is 0.220 e. The van der Waals surface area contributed by atoms with Crippen LogP contribution < -0.4 is 5.32 Å². The molecule has 1 amide bonds. The Bertz CT molecular complexity index is 1420. The fourth-order valence-corrected chi connectivity index (χ4v) is 7.02. The Morgan fingerprint density at radius 1 is 0.538 bits per heavy atom. The zero-order valence-electron chi connectivity index (χ0n) is 40.4. The summed E-state index contributed by atoms with van der Waals surface area (Å²) in [5.41, 5.74) is 0. The van der Waals surface area contributed by atoms with E-state index in [0.29, 0.717) is 6.42 Å². The van der Waals surface area contributed by atoms with Gasteiger partial charge in [-0.2, -0.15) is 0 Å². The number of hydrogen-bond acceptors (Lipinski definition) is 8. The van der Waals surface area contributed by atoms with Gasteiger partial charge in [0, 0.05) is 6.42 Å². The Balaban J connectivity index is 2.13. The number of ether oxygens (including phenoxy) is 2. The molecular weight excluding hydrogens is 815 g/mol. The van der Waals surface area contributed by atoms with Crippen molar-refractivity contribution in [2.75, 3.05) is 13.2 Å². The summed E-state index contributed by atoms with van der Waals surface area (Å²) < 4.78 is 11.1. The van der Waals surface area contributed by atoms with E-state index in [1.165, 1.54) is 38.5 Å². The highest BCUT2D eigenvalue weighted by atomic mass is 16.7. The normalized spacial score (nSPS) is 21.0. The largest absolute Gasteiger partial charge is 0.394 e. The predicted octanol–water partition coefficient (Wildman–Crippen LogP) is 11.6. The minimum absolute atomic E-state index is 0.203. The number of carbonyl (C=O) groups excluding carboxylic acids is 1. The lowest BCUT2D eigenvalue weighted by molar-refractivity contribution is -0.302. The highest BCUT2D eigenvalue weighted by Crippen LogP contribution is 2.22. The van der Waals surface area contributed by atoms with Crippen LogP contribution in [0.1, 0.15) is 168 Å². The molecule has 7 atom stereocenters. The van der Waals surface area contributed by atoms with Crippen LogP contribution in [0.25, 0.3) is 0 Å². The number of carbonyl (C=O) groups is 1. The van der Waals surface area contributed by atoms with Crippen molar-refractivity contribution in [2.45, 2.75) is 211 Å². The van der Waals surface area contributed by atoms with Crippen LogP contribution in [0.3, 0.4) is 0 Å². The average molecular weight is 906 g/mol. The van der Waals surface area contributed by atoms with Crippen LogP contribution >= 0.6 is 0 Å². The Kier molecular flexibility index (Phi) is 40.7. The monoisotopic (exact) mass is 906 g/mol. The summed E-state index contributed by atoms with van der Waals surface area (Å²) in [7, 11) is 0. The fourth-order valence-electron chi connectivity index (χ4n) is 7.02. The molecule has 0 aromatic rings. The van der Waals surface area contributed by atoms with Crippen molar-refractivity contribution in [2.24, 2.45) is 0 Å². The van der Waals surface area contributed by atoms with Crippen LogP contribution in [0.15, 0.2) is 122 Å². The van der Waals surface area contributed by atoms with E-state index in [2.05, 4.69) is 129 Å². The quantitative estimate of drug-likeness (QED) is 0.0263. The molecule has 1 rings (SSSR count). The van der Waals surface area contributed by atoms with Crippen molar-refractivity contribution < 1.29 is 39.8 Å². The number of hydrogen-bond donors (Lipinski definition) is 6. The molecule has 1 fully saturated rings. The minimum Gasteiger partial charge on any atom is -0.394 e. The lowest BCUT2D eigenvalue weighted by Gasteiger charge is -2.40. The van der Waals surface area contributed by atoms with Gasteiger partial charge in [0.2, 0.25) is 5.91 Å². The molecule has 65 heavy (non-hydrogen) atoms. The van der Waals surface area contributed by atoms with Crippen LogP contribution in [0.5, 0.6) is 0 Å². The number of unbranched alkanes of at least 4 members (excludes halogenated alkanes) is 12. The molecule has 0 spiro atoms. The third-order valence-electron chi connectivity index (χ3n) is 11.0. The van der Waals surface area contributed by atoms with E-state index in [1.807, 2.05) is 6.08 Å². The molecule has 368 valence electrons. The summed E-state index contributed by atoms with van der Waals surface area (Å²) >= 11 is 0. The first-order valence-electron chi connectivity index (χ1n) is 25.3. The first kappa shape index (κ1) is 59.6. The summed E-state index contributed by atoms with van der Waals surface area (Å²) in [6.45, 7) is 3.50. The third kappa shape index (κ3) is 34.5. The maximum absolute atomic E-state index is 12.9. The van der Waals surface area contributed by atoms with Crippen LogP contribution in [-0.4, -0.2) is 87.5 Å². The van der Waals surface area contributed by atoms with Crippen LogP contribution in [0.4, 0.5) is 0 Å². The minimum atomic E-state index is -1.58. The van der Waals surface area contributed by atoms with Gasteiger partial charge in [0.05, 0.1) is 25.4 Å². The molecule has 1 saturated heterocycles. The van der Waals surface area contributed by atoms with Crippen molar-refractivity contribution in [1.82, 2.24) is 5.32 Å². The topological polar surface area (TPSA) is 149 Å². The van der Waals surface area contributed by atoms with E-state index in [4.69, 9.17) is 9.47 Å². The lowest BCUT2D eigenvalue weighted by Crippen LogP contribution is -2.60. The van der Waals surface area contributed by atoms with Crippen LogP contribution in [0, 0.1) is 0 Å². The Morgan fingerprint density at radius 2 is 0.969 bits per heavy atom. The van der Waals surface area contributed by atoms with Gasteiger partial charge in [0.15, 0.2) is 6.29 Å². The van der Waals surface area contributed by atoms with E-state index < -0.39 is 49.5 Å². The van der Waals surface area contributed by atoms with Gasteiger partial charge in [0.25, 0.3) is 0 Å². The number of allylic oxidation sites excluding steroid dienone is 19. The molecule has 0 aromatic heterocycles. The van der Waals surface area contributed by atoms with Gasteiger partial charge >= 0.3 is 0 Å². The van der Waals surface area contributed by atoms with Crippen molar-refractivity contribution in [3.8, 4) is 0 Å². The predicted molar refractivity (Wildman–Crippen MR) is 271 cm³/mol. The summed E-state index contributed by atoms with van der Waals surface area (Å²) in [5.74, 6) is -0.203. The molecule has 0 radical (unpaired) electrons. The van der Waals surface area contributed by atoms with Gasteiger partial charge in [0.1, 0.15) is 24.4 Å². The first-order valence-corrected chi connectivity index (χ1v) is 25.3. The molecule has 0 saturated carbocycles. The van der Waals surface area contributed by atoms with Gasteiger partial charge in [-0.05, 0) is 89.9 Å². The second-order valence-electron chi connectivity index (χ2n) is 16.9. The molecule has 0 aromatic carbocycles. The number of aliphatic hydroxyl groups is 5. The number of nitrogens with one attached hydrogen (secondary N) is 1. The molecular formula is C56H91NO8. The van der Waals surface area contributed by atoms with E-state index >= 15 is 0 Å². The maximum atomic E-state index is 12.9. The van der Waals surface area contributed by atoms with E-state index in [9.17, 15) is 30.3 Å². The summed E-state index contributed by atoms with van der Waals surface area (Å²) in [6.07, 6.45) is 60.1. The average Bonchev–Trinajstić information content (AvgIpc) is 3.31. The smallest absolute Gasteiger partial charge is 0.220 e. The van der Waals surface area contributed by atoms with Crippen LogP contribution in [-0.2, 0) is 14.3 Å². The second-order valence-corrected chi connectivity index (χ2v) is 16.9. The standard InChI is InChI=1S/C56H91NO8/c1-3-5-7-9-11-12-13-14-15-16-17-18-19-20-21-22-23-24-25-26-27-28-29-30-31-32-33-34-35-36-37-38-40-42-44-46-52(60)57-49(50(59)45-43-41-39-10-8-6-4-2)48-64-56-55(63)54(62)53(61)51(47-58)65-56/h5,7-8,10-12,14-15,17-18,20-21,23-24,26-27,29-30,43,45,49-51,53-56,58-59,61-63H,3-4,6,9,13,16,19,22,25,28,31-42,44,46-48H2,1-2H3,(H,57,60)/b7-5-,10-8+,12-11-,15-14-,18-17-,21-20-,24-23-,27-26-,30-29-,45-43+. The summed E-state index contributed by atoms with van der Waals surface area (Å²) in [6, 6.07) is -0.829. The van der Waals surface area contributed by atoms with Gasteiger partial charge in [-0.1, -0.05) is 193 Å². The molecule has 0 bridgehead atoms. The van der Waals surface area contributed by atoms with Crippen molar-refractivity contribution in [3.63, 3.8) is 0 Å². The van der Waals surface area contributed by atoms with E-state index in [1.54, 1.807) is 6.08 Å². The van der Waals surface area contributed by atoms with E-state index in [-0.39, 0.29) is 12.5 Å². The van der Waals surface area contributed by atoms with Crippen LogP contribution in [0.2, 0.25) is 0 Å². The Morgan fingerprint density at radius 3 is 1.46 bits per heavy atom. The van der Waals surface area contributed by atoms with Gasteiger partial charge < -0.3 is 40.3 Å². The zero-order valence-corrected chi connectivity index (χ0v) is 40.4. The van der Waals surface area contributed by atoms with Gasteiger partial charge in [-0.25, -0.2) is 0 Å². The summed E-state index contributed by atoms with van der Waals surface area (Å²) in [4.78, 5) is 12.9. The molecule has 1 aliphatic rings. The van der Waals surface area contributed by atoms with Crippen molar-refractivity contribution in [1.29, 1.82) is 0 Å². The van der Waals surface area contributed by atoms with Crippen molar-refractivity contribution >= 4 is 5.91 Å². The Labute approximate surface area is 395 Å². The highest BCUT2D eigenvalue weighted by Gasteiger charge is 2.44. The fraction of sp³-hybridized carbons (Fsp3) is 0.625. The second kappa shape index (κ2) is 44.4. The Hall–Kier alpha value is -3.41. The first-order chi connectivity index (χ1) is 31.8. The van der Waals surface area contributed by atoms with Crippen molar-refractivity contribution in [3.05, 3.63) is 122 Å². The zero-order chi connectivity index (χ0) is 47.3. The number of aliphatic hydroxyl groups excluding tert-OH is 5. The molecule has 9 heteroatoms. The molecule has 1 aliphatic heterocycles. The molecule has 6 N–H and O–H groups in total. The summed E-state index contributed by atoms with van der Waals surface area (Å²) in [5, 5.41) is 53.9. The SMILES string of the molecule is CC/C=C\C/C=C\C/C=C\C/C=C\C/C=C\C/C=C\C/C=C\C/C=C\CCCCCCCCCCCCC(=O)NC(COC1OC(CO)C(O)C(O)C1O)C(O)/C=C/CC/C=C/CCC. The van der Waals surface area contributed by atoms with Gasteiger partial charge in [-0.15, -0.1) is 0 Å². The third-order valence-corrected chi connectivity index (χ3v) is 11.0. The molecule has 1 heterocycles. The van der Waals surface area contributed by atoms with Gasteiger partial charge in [-0.3, -0.25) is 4.79 Å². The molecule has 7 unspecified atom stereocenters. The highest BCUT2D eigenvalue weighted by molar-refractivity contribution is 5.76. The molecule has 9 nitrogen and oxygen atoms in total. The number of rotatable bonds is 40. The number of amides is 1. The molecule has 0 aliphatic carbocycles.